The van der Waals surface area contributed by atoms with E-state index in [1.165, 1.54) is 16.7 Å². The fraction of sp³-hybridized carbons (Fsp3) is 0.250. The number of thioether (sulfide) groups is 1. The maximum atomic E-state index is 12.8. The van der Waals surface area contributed by atoms with Crippen molar-refractivity contribution in [2.24, 2.45) is 0 Å². The van der Waals surface area contributed by atoms with E-state index in [0.29, 0.717) is 11.3 Å². The summed E-state index contributed by atoms with van der Waals surface area (Å²) >= 11 is 1.34. The zero-order chi connectivity index (χ0) is 25.6. The Morgan fingerprint density at radius 3 is 2.42 bits per heavy atom. The molecule has 3 heterocycles. The number of hydrogen-bond donors (Lipinski definition) is 1. The topological polar surface area (TPSA) is 96.0 Å². The molecule has 1 N–H and O–H groups in total. The van der Waals surface area contributed by atoms with Crippen LogP contribution in [0.15, 0.2) is 65.9 Å². The Balaban J connectivity index is 1.26. The average Bonchev–Trinajstić information content (AvgIpc) is 2.86. The molecule has 36 heavy (non-hydrogen) atoms. The Morgan fingerprint density at radius 2 is 1.75 bits per heavy atom. The number of nitrogens with one attached hydrogen (secondary N) is 1. The van der Waals surface area contributed by atoms with Gasteiger partial charge in [0.15, 0.2) is 0 Å². The van der Waals surface area contributed by atoms with E-state index in [4.69, 9.17) is 4.84 Å². The Hall–Kier alpha value is -3.80. The van der Waals surface area contributed by atoms with E-state index in [1.54, 1.807) is 12.1 Å². The number of halogens is 3. The van der Waals surface area contributed by atoms with Gasteiger partial charge in [-0.1, -0.05) is 30.3 Å². The minimum absolute atomic E-state index is 0.0359. The van der Waals surface area contributed by atoms with E-state index in [1.807, 2.05) is 18.2 Å². The van der Waals surface area contributed by atoms with Crippen molar-refractivity contribution >= 4 is 35.5 Å². The van der Waals surface area contributed by atoms with Crippen LogP contribution in [-0.2, 0) is 31.8 Å². The van der Waals surface area contributed by atoms with Crippen molar-refractivity contribution in [2.45, 2.75) is 24.0 Å². The van der Waals surface area contributed by atoms with Gasteiger partial charge < -0.3 is 10.2 Å². The summed E-state index contributed by atoms with van der Waals surface area (Å²) in [5.41, 5.74) is 0.330. The van der Waals surface area contributed by atoms with Crippen LogP contribution in [0.2, 0.25) is 0 Å². The minimum atomic E-state index is -4.54. The fourth-order valence-electron chi connectivity index (χ4n) is 4.21. The van der Waals surface area contributed by atoms with Gasteiger partial charge in [-0.15, -0.1) is 11.8 Å². The quantitative estimate of drug-likeness (QED) is 0.627. The highest BCUT2D eigenvalue weighted by molar-refractivity contribution is 8.00. The third kappa shape index (κ3) is 4.32. The maximum absolute atomic E-state index is 12.8. The molecule has 2 aromatic rings. The Morgan fingerprint density at radius 1 is 1.06 bits per heavy atom. The molecule has 2 aromatic carbocycles. The second-order valence-corrected chi connectivity index (χ2v) is 9.47. The highest BCUT2D eigenvalue weighted by Gasteiger charge is 2.55. The highest BCUT2D eigenvalue weighted by Crippen LogP contribution is 2.42. The summed E-state index contributed by atoms with van der Waals surface area (Å²) in [6.45, 7) is -0.130. The van der Waals surface area contributed by atoms with Gasteiger partial charge in [0.1, 0.15) is 17.1 Å². The first-order valence-corrected chi connectivity index (χ1v) is 11.9. The molecule has 0 aliphatic carbocycles. The van der Waals surface area contributed by atoms with Gasteiger partial charge in [-0.2, -0.15) is 18.2 Å². The Bertz CT molecular complexity index is 1280. The van der Waals surface area contributed by atoms with Crippen LogP contribution in [0, 0.1) is 0 Å². The van der Waals surface area contributed by atoms with E-state index < -0.39 is 40.9 Å². The number of amides is 3. The third-order valence-electron chi connectivity index (χ3n) is 5.98. The molecule has 0 aromatic heterocycles. The zero-order valence-corrected chi connectivity index (χ0v) is 19.3. The lowest BCUT2D eigenvalue weighted by molar-refractivity contribution is -0.180. The van der Waals surface area contributed by atoms with Crippen LogP contribution in [-0.4, -0.2) is 57.4 Å². The highest BCUT2D eigenvalue weighted by atomic mass is 32.2. The molecule has 5 rings (SSSR count). The van der Waals surface area contributed by atoms with Crippen molar-refractivity contribution < 1.29 is 37.2 Å². The van der Waals surface area contributed by atoms with Crippen LogP contribution in [0.25, 0.3) is 0 Å². The molecule has 0 unspecified atom stereocenters. The molecule has 3 aliphatic rings. The summed E-state index contributed by atoms with van der Waals surface area (Å²) in [5.74, 6) is -2.17. The lowest BCUT2D eigenvalue weighted by atomic mass is 10.0. The number of benzene rings is 2. The molecule has 12 heteroatoms. The predicted octanol–water partition coefficient (Wildman–Crippen LogP) is 2.52. The number of nitrogens with zero attached hydrogens (tertiary/aromatic N) is 2. The summed E-state index contributed by atoms with van der Waals surface area (Å²) in [6.07, 6.45) is -4.43. The fourth-order valence-corrected chi connectivity index (χ4v) is 5.54. The van der Waals surface area contributed by atoms with Gasteiger partial charge in [-0.3, -0.25) is 19.3 Å². The first-order chi connectivity index (χ1) is 17.1. The van der Waals surface area contributed by atoms with Crippen LogP contribution < -0.4 is 5.32 Å². The van der Waals surface area contributed by atoms with Crippen molar-refractivity contribution in [1.82, 2.24) is 15.3 Å². The van der Waals surface area contributed by atoms with Crippen molar-refractivity contribution in [2.75, 3.05) is 12.3 Å². The lowest BCUT2D eigenvalue weighted by Gasteiger charge is -2.51. The average molecular weight is 517 g/mol. The number of carbonyl (C=O) groups is 4. The number of alkyl halides is 3. The van der Waals surface area contributed by atoms with Crippen LogP contribution >= 0.6 is 11.8 Å². The van der Waals surface area contributed by atoms with Crippen LogP contribution in [0.5, 0.6) is 0 Å². The summed E-state index contributed by atoms with van der Waals surface area (Å²) in [5, 5.41) is 3.00. The molecule has 3 aliphatic heterocycles. The first kappa shape index (κ1) is 23.9. The molecular formula is C24H18F3N3O5S. The van der Waals surface area contributed by atoms with Crippen LogP contribution in [0.3, 0.4) is 0 Å². The van der Waals surface area contributed by atoms with Gasteiger partial charge in [0.2, 0.25) is 5.91 Å². The number of hydroxylamine groups is 2. The van der Waals surface area contributed by atoms with Gasteiger partial charge in [0.05, 0.1) is 18.5 Å². The smallest absolute Gasteiger partial charge is 0.341 e. The minimum Gasteiger partial charge on any atom is -0.341 e. The predicted molar refractivity (Wildman–Crippen MR) is 121 cm³/mol. The molecule has 186 valence electrons. The molecular weight excluding hydrogens is 499 g/mol. The Labute approximate surface area is 207 Å². The zero-order valence-electron chi connectivity index (χ0n) is 18.4. The number of fused-ring (bicyclic) bond motifs is 2. The molecule has 1 fully saturated rings. The van der Waals surface area contributed by atoms with Gasteiger partial charge in [0.25, 0.3) is 11.8 Å². The van der Waals surface area contributed by atoms with E-state index in [9.17, 15) is 32.3 Å². The van der Waals surface area contributed by atoms with Crippen molar-refractivity contribution in [1.29, 1.82) is 0 Å². The second-order valence-electron chi connectivity index (χ2n) is 8.37. The monoisotopic (exact) mass is 517 g/mol. The molecule has 0 spiro atoms. The molecule has 0 bridgehead atoms. The molecule has 1 saturated heterocycles. The van der Waals surface area contributed by atoms with Crippen LogP contribution in [0.1, 0.15) is 21.5 Å². The SMILES string of the molecule is O=C(Cc1ccccc1)N[C@@H]1C(=O)N2C3=C(CS[C@H]12)CN(C(=O)c1ccc(C(F)(F)F)cc1)OC3=O. The largest absolute Gasteiger partial charge is 0.416 e. The second kappa shape index (κ2) is 9.01. The van der Waals surface area contributed by atoms with E-state index in [2.05, 4.69) is 5.32 Å². The van der Waals surface area contributed by atoms with Gasteiger partial charge in [0, 0.05) is 11.3 Å². The van der Waals surface area contributed by atoms with Gasteiger partial charge in [-0.25, -0.2) is 4.79 Å². The lowest BCUT2D eigenvalue weighted by Crippen LogP contribution is -2.71. The van der Waals surface area contributed by atoms with E-state index in [0.717, 1.165) is 34.9 Å². The standard InChI is InChI=1S/C24H18F3N3O5S/c25-24(26,27)16-8-6-14(7-9-16)20(32)29-11-15-12-36-22-18(21(33)30(22)19(15)23(34)35-29)28-17(31)10-13-4-2-1-3-5-13/h1-9,18,22H,10-12H2,(H,28,31)/t18-,22-/m1/s1. The number of β-lactam (4-membered cyclic amide) rings is 1. The molecule has 8 nitrogen and oxygen atoms in total. The first-order valence-electron chi connectivity index (χ1n) is 10.8. The number of rotatable bonds is 4. The third-order valence-corrected chi connectivity index (χ3v) is 7.32. The molecule has 3 amide bonds. The maximum Gasteiger partial charge on any atom is 0.416 e. The molecule has 0 radical (unpaired) electrons. The number of hydrogen-bond acceptors (Lipinski definition) is 6. The van der Waals surface area contributed by atoms with E-state index >= 15 is 0 Å². The van der Waals surface area contributed by atoms with Crippen molar-refractivity contribution in [3.8, 4) is 0 Å². The van der Waals surface area contributed by atoms with Gasteiger partial charge in [-0.05, 0) is 35.4 Å². The van der Waals surface area contributed by atoms with Crippen molar-refractivity contribution in [3.63, 3.8) is 0 Å². The van der Waals surface area contributed by atoms with Gasteiger partial charge >= 0.3 is 12.1 Å². The number of carbonyl (C=O) groups excluding carboxylic acids is 4. The summed E-state index contributed by atoms with van der Waals surface area (Å²) in [4.78, 5) is 57.1. The van der Waals surface area contributed by atoms with Crippen molar-refractivity contribution in [3.05, 3.63) is 82.6 Å². The molecule has 0 saturated carbocycles. The van der Waals surface area contributed by atoms with Crippen LogP contribution in [0.4, 0.5) is 13.2 Å². The normalized spacial score (nSPS) is 21.3. The molecule has 2 atom stereocenters. The summed E-state index contributed by atoms with van der Waals surface area (Å²) < 4.78 is 38.4. The van der Waals surface area contributed by atoms with E-state index in [-0.39, 0.29) is 30.1 Å². The summed E-state index contributed by atoms with van der Waals surface area (Å²) in [6, 6.07) is 11.8. The summed E-state index contributed by atoms with van der Waals surface area (Å²) in [7, 11) is 0. The Kier molecular flexibility index (Phi) is 5.99.